The lowest BCUT2D eigenvalue weighted by molar-refractivity contribution is -0.135. The SMILES string of the molecule is O=C1CC(c2cscn2)C(c2cccc(F)c2)C(=O)N1. The van der Waals surface area contributed by atoms with Gasteiger partial charge >= 0.3 is 0 Å². The van der Waals surface area contributed by atoms with E-state index < -0.39 is 17.6 Å². The second kappa shape index (κ2) is 5.13. The van der Waals surface area contributed by atoms with Crippen LogP contribution in [-0.4, -0.2) is 16.8 Å². The third kappa shape index (κ3) is 2.34. The number of carbonyl (C=O) groups is 2. The molecule has 3 rings (SSSR count). The number of thiazole rings is 1. The molecule has 2 amide bonds. The van der Waals surface area contributed by atoms with Crippen molar-refractivity contribution >= 4 is 23.2 Å². The van der Waals surface area contributed by atoms with Crippen molar-refractivity contribution in [1.82, 2.24) is 10.3 Å². The van der Waals surface area contributed by atoms with Gasteiger partial charge in [0.15, 0.2) is 0 Å². The smallest absolute Gasteiger partial charge is 0.234 e. The average molecular weight is 290 g/mol. The minimum absolute atomic E-state index is 0.177. The number of nitrogens with one attached hydrogen (secondary N) is 1. The van der Waals surface area contributed by atoms with Crippen molar-refractivity contribution < 1.29 is 14.0 Å². The number of amides is 2. The molecule has 0 aliphatic carbocycles. The van der Waals surface area contributed by atoms with Gasteiger partial charge in [0.25, 0.3) is 0 Å². The Morgan fingerprint density at radius 1 is 1.35 bits per heavy atom. The summed E-state index contributed by atoms with van der Waals surface area (Å²) in [5.74, 6) is -2.05. The quantitative estimate of drug-likeness (QED) is 0.863. The first-order valence-electron chi connectivity index (χ1n) is 6.12. The number of imide groups is 1. The Morgan fingerprint density at radius 2 is 2.20 bits per heavy atom. The maximum absolute atomic E-state index is 13.4. The maximum atomic E-state index is 13.4. The molecule has 0 saturated carbocycles. The summed E-state index contributed by atoms with van der Waals surface area (Å²) in [5, 5.41) is 4.14. The zero-order valence-electron chi connectivity index (χ0n) is 10.4. The molecular weight excluding hydrogens is 279 g/mol. The fourth-order valence-corrected chi connectivity index (χ4v) is 3.15. The predicted molar refractivity (Wildman–Crippen MR) is 71.8 cm³/mol. The molecule has 1 aromatic heterocycles. The monoisotopic (exact) mass is 290 g/mol. The minimum atomic E-state index is -0.592. The summed E-state index contributed by atoms with van der Waals surface area (Å²) in [7, 11) is 0. The lowest BCUT2D eigenvalue weighted by Gasteiger charge is -2.29. The molecule has 1 aromatic carbocycles. The van der Waals surface area contributed by atoms with Gasteiger partial charge in [-0.15, -0.1) is 11.3 Å². The van der Waals surface area contributed by atoms with Crippen LogP contribution >= 0.6 is 11.3 Å². The van der Waals surface area contributed by atoms with Crippen molar-refractivity contribution in [3.05, 3.63) is 52.2 Å². The van der Waals surface area contributed by atoms with Gasteiger partial charge in [-0.3, -0.25) is 14.9 Å². The zero-order chi connectivity index (χ0) is 14.1. The highest BCUT2D eigenvalue weighted by atomic mass is 32.1. The van der Waals surface area contributed by atoms with Gasteiger partial charge in [0.05, 0.1) is 17.1 Å². The number of hydrogen-bond donors (Lipinski definition) is 1. The van der Waals surface area contributed by atoms with Crippen LogP contribution in [0.15, 0.2) is 35.2 Å². The summed E-state index contributed by atoms with van der Waals surface area (Å²) in [5.41, 5.74) is 2.93. The van der Waals surface area contributed by atoms with Crippen molar-refractivity contribution in [3.8, 4) is 0 Å². The maximum Gasteiger partial charge on any atom is 0.234 e. The first-order chi connectivity index (χ1) is 9.65. The van der Waals surface area contributed by atoms with E-state index in [0.717, 1.165) is 0 Å². The lowest BCUT2D eigenvalue weighted by atomic mass is 9.79. The molecule has 1 N–H and O–H groups in total. The summed E-state index contributed by atoms with van der Waals surface area (Å²) in [6.45, 7) is 0. The van der Waals surface area contributed by atoms with Gasteiger partial charge in [0, 0.05) is 17.7 Å². The molecule has 0 bridgehead atoms. The van der Waals surface area contributed by atoms with Crippen LogP contribution in [0, 0.1) is 5.82 Å². The Balaban J connectivity index is 2.04. The highest BCUT2D eigenvalue weighted by molar-refractivity contribution is 7.07. The van der Waals surface area contributed by atoms with Gasteiger partial charge in [-0.25, -0.2) is 9.37 Å². The van der Waals surface area contributed by atoms with E-state index in [-0.39, 0.29) is 18.2 Å². The molecule has 1 fully saturated rings. The zero-order valence-corrected chi connectivity index (χ0v) is 11.2. The standard InChI is InChI=1S/C14H11FN2O2S/c15-9-3-1-2-8(4-9)13-10(11-6-20-7-16-11)5-12(18)17-14(13)19/h1-4,6-7,10,13H,5H2,(H,17,18,19). The number of rotatable bonds is 2. The fraction of sp³-hybridized carbons (Fsp3) is 0.214. The van der Waals surface area contributed by atoms with Gasteiger partial charge in [-0.2, -0.15) is 0 Å². The Bertz CT molecular complexity index is 657. The molecule has 20 heavy (non-hydrogen) atoms. The summed E-state index contributed by atoms with van der Waals surface area (Å²) >= 11 is 1.41. The van der Waals surface area contributed by atoms with Crippen molar-refractivity contribution in [2.45, 2.75) is 18.3 Å². The number of carbonyl (C=O) groups excluding carboxylic acids is 2. The molecule has 0 spiro atoms. The van der Waals surface area contributed by atoms with Crippen LogP contribution in [0.4, 0.5) is 4.39 Å². The molecule has 2 aromatic rings. The summed E-state index contributed by atoms with van der Waals surface area (Å²) in [6, 6.07) is 5.92. The number of halogens is 1. The highest BCUT2D eigenvalue weighted by Gasteiger charge is 2.38. The van der Waals surface area contributed by atoms with Crippen LogP contribution in [0.2, 0.25) is 0 Å². The normalized spacial score (nSPS) is 22.6. The predicted octanol–water partition coefficient (Wildman–Crippen LogP) is 2.20. The Morgan fingerprint density at radius 3 is 2.90 bits per heavy atom. The highest BCUT2D eigenvalue weighted by Crippen LogP contribution is 2.38. The summed E-state index contributed by atoms with van der Waals surface area (Å²) in [4.78, 5) is 27.9. The van der Waals surface area contributed by atoms with Crippen molar-refractivity contribution in [1.29, 1.82) is 0 Å². The van der Waals surface area contributed by atoms with Crippen molar-refractivity contribution in [3.63, 3.8) is 0 Å². The van der Waals surface area contributed by atoms with E-state index in [2.05, 4.69) is 10.3 Å². The van der Waals surface area contributed by atoms with Crippen LogP contribution in [0.5, 0.6) is 0 Å². The van der Waals surface area contributed by atoms with Crippen LogP contribution in [-0.2, 0) is 9.59 Å². The Kier molecular flexibility index (Phi) is 3.31. The van der Waals surface area contributed by atoms with Gasteiger partial charge < -0.3 is 0 Å². The van der Waals surface area contributed by atoms with Crippen LogP contribution in [0.25, 0.3) is 0 Å². The van der Waals surface area contributed by atoms with Gasteiger partial charge in [-0.05, 0) is 17.7 Å². The number of piperidine rings is 1. The summed E-state index contributed by atoms with van der Waals surface area (Å²) in [6.07, 6.45) is 0.177. The van der Waals surface area contributed by atoms with E-state index in [1.807, 2.05) is 5.38 Å². The van der Waals surface area contributed by atoms with Crippen molar-refractivity contribution in [2.75, 3.05) is 0 Å². The molecular formula is C14H11FN2O2S. The summed E-state index contributed by atoms with van der Waals surface area (Å²) < 4.78 is 13.4. The second-order valence-corrected chi connectivity index (χ2v) is 5.39. The second-order valence-electron chi connectivity index (χ2n) is 4.67. The van der Waals surface area contributed by atoms with E-state index >= 15 is 0 Å². The molecule has 102 valence electrons. The lowest BCUT2D eigenvalue weighted by Crippen LogP contribution is -2.43. The van der Waals surface area contributed by atoms with Gasteiger partial charge in [0.1, 0.15) is 5.82 Å². The molecule has 2 atom stereocenters. The van der Waals surface area contributed by atoms with E-state index in [1.54, 1.807) is 17.6 Å². The van der Waals surface area contributed by atoms with Crippen LogP contribution in [0.1, 0.15) is 29.5 Å². The molecule has 2 unspecified atom stereocenters. The third-order valence-electron chi connectivity index (χ3n) is 3.39. The molecule has 6 heteroatoms. The number of aromatic nitrogens is 1. The first-order valence-corrected chi connectivity index (χ1v) is 7.06. The third-order valence-corrected chi connectivity index (χ3v) is 4.00. The number of hydrogen-bond acceptors (Lipinski definition) is 4. The molecule has 4 nitrogen and oxygen atoms in total. The van der Waals surface area contributed by atoms with E-state index in [4.69, 9.17) is 0 Å². The topological polar surface area (TPSA) is 59.1 Å². The largest absolute Gasteiger partial charge is 0.296 e. The number of benzene rings is 1. The fourth-order valence-electron chi connectivity index (χ4n) is 2.53. The number of nitrogens with zero attached hydrogens (tertiary/aromatic N) is 1. The van der Waals surface area contributed by atoms with Crippen LogP contribution in [0.3, 0.4) is 0 Å². The Labute approximate surface area is 118 Å². The molecule has 1 saturated heterocycles. The minimum Gasteiger partial charge on any atom is -0.296 e. The molecule has 2 heterocycles. The first kappa shape index (κ1) is 12.9. The van der Waals surface area contributed by atoms with Crippen molar-refractivity contribution in [2.24, 2.45) is 0 Å². The van der Waals surface area contributed by atoms with E-state index in [0.29, 0.717) is 11.3 Å². The van der Waals surface area contributed by atoms with Gasteiger partial charge in [-0.1, -0.05) is 12.1 Å². The molecule has 1 aliphatic heterocycles. The van der Waals surface area contributed by atoms with Crippen LogP contribution < -0.4 is 5.32 Å². The van der Waals surface area contributed by atoms with Gasteiger partial charge in [0.2, 0.25) is 11.8 Å². The van der Waals surface area contributed by atoms with E-state index in [1.165, 1.54) is 23.5 Å². The average Bonchev–Trinajstić information content (AvgIpc) is 2.91. The molecule has 0 radical (unpaired) electrons. The Hall–Kier alpha value is -2.08. The van der Waals surface area contributed by atoms with E-state index in [9.17, 15) is 14.0 Å². The molecule has 1 aliphatic rings.